The predicted octanol–water partition coefficient (Wildman–Crippen LogP) is 4.24. The third kappa shape index (κ3) is 6.26. The van der Waals surface area contributed by atoms with E-state index in [-0.39, 0.29) is 16.4 Å². The number of anilines is 1. The van der Waals surface area contributed by atoms with Gasteiger partial charge in [0.15, 0.2) is 0 Å². The number of aromatic nitrogens is 2. The van der Waals surface area contributed by atoms with Gasteiger partial charge in [-0.2, -0.15) is 4.98 Å². The molecule has 0 bridgehead atoms. The number of nitrogens with one attached hydrogen (secondary N) is 1. The Bertz CT molecular complexity index is 1140. The van der Waals surface area contributed by atoms with Crippen molar-refractivity contribution in [2.24, 2.45) is 0 Å². The quantitative estimate of drug-likeness (QED) is 0.463. The maximum atomic E-state index is 11.7. The lowest BCUT2D eigenvalue weighted by Crippen LogP contribution is -2.25. The van der Waals surface area contributed by atoms with E-state index >= 15 is 0 Å². The fourth-order valence-corrected chi connectivity index (χ4v) is 4.21. The summed E-state index contributed by atoms with van der Waals surface area (Å²) in [4.78, 5) is 33.7. The van der Waals surface area contributed by atoms with Gasteiger partial charge in [-0.15, -0.1) is 0 Å². The molecule has 0 spiro atoms. The molecule has 1 aromatic heterocycles. The fourth-order valence-electron chi connectivity index (χ4n) is 3.35. The van der Waals surface area contributed by atoms with Crippen LogP contribution < -0.4 is 19.7 Å². The van der Waals surface area contributed by atoms with Crippen molar-refractivity contribution in [3.63, 3.8) is 0 Å². The van der Waals surface area contributed by atoms with Gasteiger partial charge in [0.2, 0.25) is 17.7 Å². The van der Waals surface area contributed by atoms with Gasteiger partial charge < -0.3 is 14.4 Å². The van der Waals surface area contributed by atoms with E-state index in [4.69, 9.17) is 9.47 Å². The van der Waals surface area contributed by atoms with E-state index in [0.717, 1.165) is 35.2 Å². The van der Waals surface area contributed by atoms with Crippen LogP contribution in [0.4, 0.5) is 10.7 Å². The predicted molar refractivity (Wildman–Crippen MR) is 132 cm³/mol. The monoisotopic (exact) mass is 478 g/mol. The summed E-state index contributed by atoms with van der Waals surface area (Å²) in [6, 6.07) is 17.2. The molecule has 1 N–H and O–H groups in total. The molecule has 2 amide bonds. The van der Waals surface area contributed by atoms with Gasteiger partial charge in [-0.05, 0) is 48.2 Å². The highest BCUT2D eigenvalue weighted by molar-refractivity contribution is 8.15. The van der Waals surface area contributed by atoms with Crippen molar-refractivity contribution in [1.29, 1.82) is 0 Å². The Morgan fingerprint density at radius 3 is 2.38 bits per heavy atom. The number of ether oxygens (including phenoxy) is 2. The van der Waals surface area contributed by atoms with E-state index in [1.54, 1.807) is 12.3 Å². The molecule has 1 atom stereocenters. The normalized spacial score (nSPS) is 15.2. The van der Waals surface area contributed by atoms with Gasteiger partial charge in [-0.25, -0.2) is 4.98 Å². The molecule has 2 aromatic carbocycles. The molecule has 3 aromatic rings. The first-order chi connectivity index (χ1) is 16.5. The SMILES string of the molecule is CCc1ccc(Oc2ccnc(N(C)CCOc3ccc(CC4SC(=O)NC4=O)cc3)n2)cc1. The number of imide groups is 1. The number of likely N-dealkylation sites (N-methyl/N-ethyl adjacent to an activating group) is 1. The number of aryl methyl sites for hydroxylation is 1. The molecule has 0 radical (unpaired) electrons. The van der Waals surface area contributed by atoms with Crippen molar-refractivity contribution < 1.29 is 19.1 Å². The van der Waals surface area contributed by atoms with E-state index in [1.807, 2.05) is 60.5 Å². The summed E-state index contributed by atoms with van der Waals surface area (Å²) < 4.78 is 11.7. The van der Waals surface area contributed by atoms with Gasteiger partial charge >= 0.3 is 0 Å². The average molecular weight is 479 g/mol. The van der Waals surface area contributed by atoms with Crippen molar-refractivity contribution in [3.05, 3.63) is 71.9 Å². The van der Waals surface area contributed by atoms with Gasteiger partial charge in [-0.1, -0.05) is 43.0 Å². The second-order valence-corrected chi connectivity index (χ2v) is 8.97. The molecule has 8 nitrogen and oxygen atoms in total. The van der Waals surface area contributed by atoms with Gasteiger partial charge in [0.1, 0.15) is 18.1 Å². The van der Waals surface area contributed by atoms with E-state index in [0.29, 0.717) is 31.4 Å². The molecule has 176 valence electrons. The number of hydrogen-bond acceptors (Lipinski definition) is 8. The zero-order valence-electron chi connectivity index (χ0n) is 19.1. The third-order valence-electron chi connectivity index (χ3n) is 5.32. The van der Waals surface area contributed by atoms with Crippen LogP contribution >= 0.6 is 11.8 Å². The third-order valence-corrected chi connectivity index (χ3v) is 6.30. The summed E-state index contributed by atoms with van der Waals surface area (Å²) in [5, 5.41) is 1.65. The summed E-state index contributed by atoms with van der Waals surface area (Å²) >= 11 is 1.03. The molecule has 0 aliphatic carbocycles. The molecule has 4 rings (SSSR count). The molecule has 1 aliphatic rings. The number of amides is 2. The highest BCUT2D eigenvalue weighted by Crippen LogP contribution is 2.24. The Labute approximate surface area is 202 Å². The first kappa shape index (κ1) is 23.6. The number of nitrogens with zero attached hydrogens (tertiary/aromatic N) is 3. The van der Waals surface area contributed by atoms with Gasteiger partial charge in [-0.3, -0.25) is 14.9 Å². The lowest BCUT2D eigenvalue weighted by Gasteiger charge is -2.18. The average Bonchev–Trinajstić information content (AvgIpc) is 3.17. The number of rotatable bonds is 10. The number of carbonyl (C=O) groups is 2. The molecule has 9 heteroatoms. The molecular weight excluding hydrogens is 452 g/mol. The fraction of sp³-hybridized carbons (Fsp3) is 0.280. The second kappa shape index (κ2) is 11.0. The summed E-state index contributed by atoms with van der Waals surface area (Å²) in [6.45, 7) is 3.14. The Morgan fingerprint density at radius 2 is 1.71 bits per heavy atom. The summed E-state index contributed by atoms with van der Waals surface area (Å²) in [5.74, 6) is 2.25. The first-order valence-corrected chi connectivity index (χ1v) is 11.9. The van der Waals surface area contributed by atoms with Crippen LogP contribution in [0.1, 0.15) is 18.1 Å². The van der Waals surface area contributed by atoms with Crippen LogP contribution in [0, 0.1) is 0 Å². The Kier molecular flexibility index (Phi) is 7.64. The zero-order valence-corrected chi connectivity index (χ0v) is 19.9. The standard InChI is InChI=1S/C25H26N4O4S/c1-3-17-4-10-20(11-5-17)33-22-12-13-26-24(27-22)29(2)14-15-32-19-8-6-18(7-9-19)16-21-23(30)28-25(31)34-21/h4-13,21H,3,14-16H2,1-2H3,(H,28,30,31). The number of carbonyl (C=O) groups excluding carboxylic acids is 2. The maximum absolute atomic E-state index is 11.7. The number of benzene rings is 2. The summed E-state index contributed by atoms with van der Waals surface area (Å²) in [7, 11) is 1.90. The highest BCUT2D eigenvalue weighted by Gasteiger charge is 2.31. The lowest BCUT2D eigenvalue weighted by atomic mass is 10.1. The van der Waals surface area contributed by atoms with Crippen molar-refractivity contribution in [2.45, 2.75) is 25.0 Å². The Hall–Kier alpha value is -3.59. The molecule has 1 fully saturated rings. The van der Waals surface area contributed by atoms with Crippen molar-refractivity contribution in [2.75, 3.05) is 25.1 Å². The first-order valence-electron chi connectivity index (χ1n) is 11.0. The molecular formula is C25H26N4O4S. The van der Waals surface area contributed by atoms with Crippen LogP contribution in [0.15, 0.2) is 60.8 Å². The van der Waals surface area contributed by atoms with Crippen molar-refractivity contribution in [1.82, 2.24) is 15.3 Å². The number of hydrogen-bond donors (Lipinski definition) is 1. The molecule has 0 saturated carbocycles. The zero-order chi connectivity index (χ0) is 23.9. The van der Waals surface area contributed by atoms with E-state index in [1.165, 1.54) is 5.56 Å². The van der Waals surface area contributed by atoms with Crippen molar-refractivity contribution in [3.8, 4) is 17.4 Å². The second-order valence-electron chi connectivity index (χ2n) is 7.80. The van der Waals surface area contributed by atoms with Gasteiger partial charge in [0.25, 0.3) is 5.24 Å². The largest absolute Gasteiger partial charge is 0.492 e. The lowest BCUT2D eigenvalue weighted by molar-refractivity contribution is -0.118. The highest BCUT2D eigenvalue weighted by atomic mass is 32.2. The molecule has 1 aliphatic heterocycles. The smallest absolute Gasteiger partial charge is 0.286 e. The van der Waals surface area contributed by atoms with Crippen LogP contribution in [-0.4, -0.2) is 46.6 Å². The number of thioether (sulfide) groups is 1. The Balaban J connectivity index is 1.25. The molecule has 34 heavy (non-hydrogen) atoms. The van der Waals surface area contributed by atoms with Crippen LogP contribution in [-0.2, 0) is 17.6 Å². The molecule has 2 heterocycles. The van der Waals surface area contributed by atoms with Gasteiger partial charge in [0, 0.05) is 19.3 Å². The minimum Gasteiger partial charge on any atom is -0.492 e. The minimum absolute atomic E-state index is 0.232. The molecule has 1 saturated heterocycles. The summed E-state index contributed by atoms with van der Waals surface area (Å²) in [6.07, 6.45) is 3.16. The van der Waals surface area contributed by atoms with E-state index in [2.05, 4.69) is 22.2 Å². The Morgan fingerprint density at radius 1 is 1.00 bits per heavy atom. The van der Waals surface area contributed by atoms with E-state index in [9.17, 15) is 9.59 Å². The maximum Gasteiger partial charge on any atom is 0.286 e. The van der Waals surface area contributed by atoms with Crippen molar-refractivity contribution >= 4 is 28.9 Å². The van der Waals surface area contributed by atoms with Crippen LogP contribution in [0.25, 0.3) is 0 Å². The van der Waals surface area contributed by atoms with Crippen LogP contribution in [0.2, 0.25) is 0 Å². The molecule has 1 unspecified atom stereocenters. The van der Waals surface area contributed by atoms with Crippen LogP contribution in [0.3, 0.4) is 0 Å². The van der Waals surface area contributed by atoms with Gasteiger partial charge in [0.05, 0.1) is 11.8 Å². The minimum atomic E-state index is -0.372. The summed E-state index contributed by atoms with van der Waals surface area (Å²) in [5.41, 5.74) is 2.23. The van der Waals surface area contributed by atoms with Crippen LogP contribution in [0.5, 0.6) is 17.4 Å². The topological polar surface area (TPSA) is 93.7 Å². The van der Waals surface area contributed by atoms with E-state index < -0.39 is 0 Å².